The molecule has 0 fully saturated rings. The minimum atomic E-state index is -1.66. The lowest BCUT2D eigenvalue weighted by Crippen LogP contribution is -2.49. The molecular weight excluding hydrogens is 300 g/mol. The van der Waals surface area contributed by atoms with Crippen LogP contribution in [-0.2, 0) is 0 Å². The molecule has 106 valence electrons. The van der Waals surface area contributed by atoms with E-state index in [1.807, 2.05) is 0 Å². The molecule has 0 bridgehead atoms. The summed E-state index contributed by atoms with van der Waals surface area (Å²) in [6.07, 6.45) is 0. The molecule has 3 aromatic rings. The van der Waals surface area contributed by atoms with E-state index in [0.29, 0.717) is 0 Å². The molecule has 0 saturated carbocycles. The van der Waals surface area contributed by atoms with Gasteiger partial charge in [-0.05, 0) is 0 Å². The SMILES string of the molecule is O=c1c(=O)c(=O)c2nc3c(=O)c(=O)c(=O)c(=O)c3nc2c1=O. The van der Waals surface area contributed by atoms with Crippen LogP contribution in [0, 0.1) is 0 Å². The van der Waals surface area contributed by atoms with Crippen molar-refractivity contribution in [2.75, 3.05) is 0 Å². The van der Waals surface area contributed by atoms with Crippen LogP contribution in [0.5, 0.6) is 0 Å². The van der Waals surface area contributed by atoms with Gasteiger partial charge in [-0.15, -0.1) is 0 Å². The summed E-state index contributed by atoms with van der Waals surface area (Å²) in [5, 5.41) is 0. The topological polar surface area (TPSA) is 162 Å². The number of aromatic nitrogens is 2. The molecule has 1 aromatic heterocycles. The van der Waals surface area contributed by atoms with Crippen molar-refractivity contribution in [1.29, 1.82) is 0 Å². The third kappa shape index (κ3) is 1.43. The van der Waals surface area contributed by atoms with E-state index in [1.54, 1.807) is 0 Å². The molecule has 0 spiro atoms. The summed E-state index contributed by atoms with van der Waals surface area (Å²) < 4.78 is 0. The van der Waals surface area contributed by atoms with Gasteiger partial charge in [0, 0.05) is 0 Å². The Morgan fingerprint density at radius 1 is 0.318 bits per heavy atom. The maximum absolute atomic E-state index is 11.6. The molecular formula is C12N2O8. The fraction of sp³-hybridized carbons (Fsp3) is 0. The maximum Gasteiger partial charge on any atom is 0.279 e. The van der Waals surface area contributed by atoms with Gasteiger partial charge in [-0.25, -0.2) is 9.97 Å². The Hall–Kier alpha value is -3.56. The van der Waals surface area contributed by atoms with Gasteiger partial charge in [0.15, 0.2) is 0 Å². The summed E-state index contributed by atoms with van der Waals surface area (Å²) in [5.41, 5.74) is -16.2. The van der Waals surface area contributed by atoms with E-state index < -0.39 is 65.5 Å². The van der Waals surface area contributed by atoms with Crippen LogP contribution in [0.3, 0.4) is 0 Å². The summed E-state index contributed by atoms with van der Waals surface area (Å²) in [5.74, 6) is 0. The fourth-order valence-corrected chi connectivity index (χ4v) is 1.91. The lowest BCUT2D eigenvalue weighted by atomic mass is 10.2. The first kappa shape index (κ1) is 13.4. The first-order valence-electron chi connectivity index (χ1n) is 5.53. The highest BCUT2D eigenvalue weighted by Crippen LogP contribution is 2.01. The van der Waals surface area contributed by atoms with E-state index in [-0.39, 0.29) is 0 Å². The Morgan fingerprint density at radius 3 is 0.682 bits per heavy atom. The first-order chi connectivity index (χ1) is 10.3. The van der Waals surface area contributed by atoms with E-state index in [1.165, 1.54) is 0 Å². The van der Waals surface area contributed by atoms with Crippen molar-refractivity contribution >= 4 is 22.1 Å². The molecule has 0 N–H and O–H groups in total. The number of nitrogens with zero attached hydrogens (tertiary/aromatic N) is 2. The van der Waals surface area contributed by atoms with E-state index in [2.05, 4.69) is 9.97 Å². The van der Waals surface area contributed by atoms with Gasteiger partial charge in [0.05, 0.1) is 0 Å². The standard InChI is InChI=1S/C12N2O8/c15-5-1-2(6(16)10(20)9(5)19)14-4-3(13-1)7(17)11(21)12(22)8(4)18. The molecule has 0 atom stereocenters. The third-order valence-corrected chi connectivity index (χ3v) is 2.99. The molecule has 0 aliphatic rings. The average molecular weight is 300 g/mol. The van der Waals surface area contributed by atoms with E-state index in [4.69, 9.17) is 0 Å². The lowest BCUT2D eigenvalue weighted by molar-refractivity contribution is 1.26. The quantitative estimate of drug-likeness (QED) is 0.291. The van der Waals surface area contributed by atoms with Gasteiger partial charge in [0.2, 0.25) is 0 Å². The maximum atomic E-state index is 11.6. The van der Waals surface area contributed by atoms with Gasteiger partial charge < -0.3 is 0 Å². The van der Waals surface area contributed by atoms with E-state index >= 15 is 0 Å². The normalized spacial score (nSPS) is 11.3. The zero-order chi connectivity index (χ0) is 16.3. The smallest absolute Gasteiger partial charge is 0.279 e. The largest absolute Gasteiger partial charge is 0.283 e. The van der Waals surface area contributed by atoms with Crippen LogP contribution in [0.1, 0.15) is 0 Å². The van der Waals surface area contributed by atoms with Crippen LogP contribution in [0.25, 0.3) is 22.1 Å². The number of benzene rings is 2. The van der Waals surface area contributed by atoms with Gasteiger partial charge in [0.25, 0.3) is 43.4 Å². The van der Waals surface area contributed by atoms with Crippen molar-refractivity contribution in [3.05, 3.63) is 81.8 Å². The molecule has 0 aliphatic heterocycles. The second-order valence-electron chi connectivity index (χ2n) is 4.25. The van der Waals surface area contributed by atoms with Crippen LogP contribution in [-0.4, -0.2) is 9.97 Å². The molecule has 0 aliphatic carbocycles. The van der Waals surface area contributed by atoms with Gasteiger partial charge in [-0.1, -0.05) is 0 Å². The molecule has 0 saturated heterocycles. The number of hydrogen-bond donors (Lipinski definition) is 0. The van der Waals surface area contributed by atoms with Gasteiger partial charge in [-0.2, -0.15) is 0 Å². The zero-order valence-electron chi connectivity index (χ0n) is 10.2. The van der Waals surface area contributed by atoms with Crippen LogP contribution < -0.4 is 43.4 Å². The second kappa shape index (κ2) is 3.97. The van der Waals surface area contributed by atoms with Crippen molar-refractivity contribution in [2.45, 2.75) is 0 Å². The van der Waals surface area contributed by atoms with Crippen molar-refractivity contribution in [3.8, 4) is 0 Å². The molecule has 1 heterocycles. The van der Waals surface area contributed by atoms with Gasteiger partial charge in [-0.3, -0.25) is 38.4 Å². The molecule has 10 nitrogen and oxygen atoms in total. The van der Waals surface area contributed by atoms with Crippen molar-refractivity contribution in [2.24, 2.45) is 0 Å². The van der Waals surface area contributed by atoms with Crippen LogP contribution in [0.15, 0.2) is 38.4 Å². The number of hydrogen-bond acceptors (Lipinski definition) is 10. The fourth-order valence-electron chi connectivity index (χ4n) is 1.91. The Balaban J connectivity index is 2.92. The Morgan fingerprint density at radius 2 is 0.500 bits per heavy atom. The first-order valence-corrected chi connectivity index (χ1v) is 5.53. The zero-order valence-corrected chi connectivity index (χ0v) is 10.2. The predicted molar refractivity (Wildman–Crippen MR) is 71.9 cm³/mol. The minimum absolute atomic E-state index is 0.906. The van der Waals surface area contributed by atoms with Gasteiger partial charge >= 0.3 is 0 Å². The van der Waals surface area contributed by atoms with Crippen LogP contribution >= 0.6 is 0 Å². The second-order valence-corrected chi connectivity index (χ2v) is 4.25. The summed E-state index contributed by atoms with van der Waals surface area (Å²) in [6.45, 7) is 0. The summed E-state index contributed by atoms with van der Waals surface area (Å²) >= 11 is 0. The third-order valence-electron chi connectivity index (χ3n) is 2.99. The highest BCUT2D eigenvalue weighted by Gasteiger charge is 2.20. The Kier molecular flexibility index (Phi) is 2.42. The Bertz CT molecular complexity index is 1200. The summed E-state index contributed by atoms with van der Waals surface area (Å²) in [7, 11) is 0. The van der Waals surface area contributed by atoms with E-state index in [0.717, 1.165) is 0 Å². The molecule has 2 aromatic carbocycles. The summed E-state index contributed by atoms with van der Waals surface area (Å²) in [4.78, 5) is 98.2. The predicted octanol–water partition coefficient (Wildman–Crippen LogP) is -4.58. The van der Waals surface area contributed by atoms with Gasteiger partial charge in [0.1, 0.15) is 22.1 Å². The molecule has 10 heteroatoms. The van der Waals surface area contributed by atoms with Crippen molar-refractivity contribution < 1.29 is 0 Å². The number of fused-ring (bicyclic) bond motifs is 2. The van der Waals surface area contributed by atoms with E-state index in [9.17, 15) is 38.4 Å². The number of rotatable bonds is 0. The van der Waals surface area contributed by atoms with Crippen LogP contribution in [0.2, 0.25) is 0 Å². The monoisotopic (exact) mass is 300 g/mol. The minimum Gasteiger partial charge on any atom is -0.283 e. The Labute approximate surface area is 115 Å². The van der Waals surface area contributed by atoms with Crippen molar-refractivity contribution in [1.82, 2.24) is 9.97 Å². The average Bonchev–Trinajstić information content (AvgIpc) is 2.52. The highest BCUT2D eigenvalue weighted by molar-refractivity contribution is 5.85. The van der Waals surface area contributed by atoms with Crippen LogP contribution in [0.4, 0.5) is 0 Å². The highest BCUT2D eigenvalue weighted by atomic mass is 16.2. The molecule has 0 amide bonds. The molecule has 3 rings (SSSR count). The summed E-state index contributed by atoms with van der Waals surface area (Å²) in [6, 6.07) is 0. The molecule has 0 radical (unpaired) electrons. The lowest BCUT2D eigenvalue weighted by Gasteiger charge is -1.95. The molecule has 0 unspecified atom stereocenters. The van der Waals surface area contributed by atoms with Crippen molar-refractivity contribution in [3.63, 3.8) is 0 Å². The molecule has 22 heavy (non-hydrogen) atoms.